The minimum atomic E-state index is -0.888. The van der Waals surface area contributed by atoms with E-state index in [1.54, 1.807) is 23.1 Å². The molecule has 42 heavy (non-hydrogen) atoms. The van der Waals surface area contributed by atoms with Crippen LogP contribution in [0.3, 0.4) is 0 Å². The smallest absolute Gasteiger partial charge is 0.408 e. The standard InChI is InChI=1S/C32H44N4O6/c1-6-21-26-17-36(27(21)18(2)37)30(39)28(32(3,4)5)35-31(40)42-25-15-19(25)11-9-7-8-10-12-23-29(41-26)34-24-16-20(38)13-14-22(24)33-23/h13-14,16,19,21,25-28,38H,6-12,15,17H2,1-5H3,(H,35,40)/t19-,21-,25-,26+,27-,28-/m1/s1. The van der Waals surface area contributed by atoms with Crippen molar-refractivity contribution in [1.29, 1.82) is 0 Å². The highest BCUT2D eigenvalue weighted by Crippen LogP contribution is 2.39. The van der Waals surface area contributed by atoms with Crippen LogP contribution in [0.2, 0.25) is 0 Å². The molecule has 5 rings (SSSR count). The Morgan fingerprint density at radius 1 is 1.07 bits per heavy atom. The fourth-order valence-corrected chi connectivity index (χ4v) is 6.52. The molecule has 2 bridgehead atoms. The van der Waals surface area contributed by atoms with Crippen molar-refractivity contribution in [2.45, 2.75) is 110 Å². The predicted molar refractivity (Wildman–Crippen MR) is 157 cm³/mol. The Morgan fingerprint density at radius 2 is 1.83 bits per heavy atom. The number of hydrogen-bond donors (Lipinski definition) is 2. The number of aryl methyl sites for hydroxylation is 1. The molecule has 1 saturated heterocycles. The van der Waals surface area contributed by atoms with E-state index in [1.165, 1.54) is 6.92 Å². The van der Waals surface area contributed by atoms with Crippen molar-refractivity contribution in [2.75, 3.05) is 6.54 Å². The molecular formula is C32H44N4O6. The number of hydrogen-bond acceptors (Lipinski definition) is 8. The average molecular weight is 581 g/mol. The zero-order chi connectivity index (χ0) is 30.2. The summed E-state index contributed by atoms with van der Waals surface area (Å²) in [7, 11) is 0. The molecular weight excluding hydrogens is 536 g/mol. The normalized spacial score (nSPS) is 29.2. The Bertz CT molecular complexity index is 1340. The van der Waals surface area contributed by atoms with Crippen LogP contribution in [0.1, 0.15) is 85.3 Å². The van der Waals surface area contributed by atoms with Crippen LogP contribution in [0.15, 0.2) is 18.2 Å². The number of rotatable bonds is 2. The Morgan fingerprint density at radius 3 is 2.55 bits per heavy atom. The van der Waals surface area contributed by atoms with Crippen molar-refractivity contribution in [2.24, 2.45) is 17.3 Å². The van der Waals surface area contributed by atoms with Crippen molar-refractivity contribution in [3.8, 4) is 11.6 Å². The van der Waals surface area contributed by atoms with Gasteiger partial charge in [0, 0.05) is 12.0 Å². The number of ether oxygens (including phenoxy) is 2. The summed E-state index contributed by atoms with van der Waals surface area (Å²) in [6.45, 7) is 9.33. The summed E-state index contributed by atoms with van der Waals surface area (Å²) < 4.78 is 12.3. The summed E-state index contributed by atoms with van der Waals surface area (Å²) in [6.07, 6.45) is 5.99. The van der Waals surface area contributed by atoms with Crippen LogP contribution in [0.4, 0.5) is 4.79 Å². The summed E-state index contributed by atoms with van der Waals surface area (Å²) in [5, 5.41) is 12.9. The second-order valence-electron chi connectivity index (χ2n) is 13.3. The molecule has 10 heteroatoms. The van der Waals surface area contributed by atoms with Crippen LogP contribution < -0.4 is 10.1 Å². The molecule has 1 aromatic carbocycles. The van der Waals surface area contributed by atoms with Crippen molar-refractivity contribution in [1.82, 2.24) is 20.2 Å². The summed E-state index contributed by atoms with van der Waals surface area (Å²) in [6, 6.07) is 3.32. The fourth-order valence-electron chi connectivity index (χ4n) is 6.52. The van der Waals surface area contributed by atoms with E-state index in [1.807, 2.05) is 27.7 Å². The minimum Gasteiger partial charge on any atom is -0.508 e. The molecule has 10 nitrogen and oxygen atoms in total. The van der Waals surface area contributed by atoms with E-state index in [0.717, 1.165) is 44.2 Å². The van der Waals surface area contributed by atoms with E-state index in [2.05, 4.69) is 5.32 Å². The zero-order valence-corrected chi connectivity index (χ0v) is 25.4. The first-order valence-electron chi connectivity index (χ1n) is 15.4. The third kappa shape index (κ3) is 6.47. The van der Waals surface area contributed by atoms with Crippen LogP contribution in [0.25, 0.3) is 11.0 Å². The molecule has 3 aliphatic rings. The second kappa shape index (κ2) is 12.1. The summed E-state index contributed by atoms with van der Waals surface area (Å²) in [4.78, 5) is 51.4. The van der Waals surface area contributed by atoms with Gasteiger partial charge in [0.25, 0.3) is 0 Å². The fraction of sp³-hybridized carbons (Fsp3) is 0.656. The van der Waals surface area contributed by atoms with Gasteiger partial charge in [-0.25, -0.2) is 14.8 Å². The molecule has 2 amide bonds. The van der Waals surface area contributed by atoms with Crippen LogP contribution in [0, 0.1) is 17.3 Å². The quantitative estimate of drug-likeness (QED) is 0.511. The summed E-state index contributed by atoms with van der Waals surface area (Å²) in [5.41, 5.74) is 1.30. The number of Topliss-reactive ketones (excluding diaryl/α,β-unsaturated/α-hetero) is 1. The van der Waals surface area contributed by atoms with Gasteiger partial charge in [0.15, 0.2) is 5.78 Å². The number of carbonyl (C=O) groups excluding carboxylic acids is 3. The van der Waals surface area contributed by atoms with Gasteiger partial charge in [0.2, 0.25) is 11.8 Å². The number of benzene rings is 1. The molecule has 0 radical (unpaired) electrons. The maximum atomic E-state index is 14.2. The Labute approximate surface area is 247 Å². The van der Waals surface area contributed by atoms with E-state index in [0.29, 0.717) is 35.7 Å². The number of ketones is 1. The van der Waals surface area contributed by atoms with Crippen molar-refractivity contribution < 1.29 is 29.0 Å². The maximum absolute atomic E-state index is 14.2. The number of phenolic OH excluding ortho intramolecular Hbond substituents is 1. The van der Waals surface area contributed by atoms with Crippen LogP contribution in [-0.2, 0) is 20.7 Å². The topological polar surface area (TPSA) is 131 Å². The van der Waals surface area contributed by atoms with E-state index < -0.39 is 29.7 Å². The number of nitrogens with one attached hydrogen (secondary N) is 1. The maximum Gasteiger partial charge on any atom is 0.408 e. The van der Waals surface area contributed by atoms with Gasteiger partial charge >= 0.3 is 6.09 Å². The first kappa shape index (κ1) is 30.0. The number of amides is 2. The van der Waals surface area contributed by atoms with Crippen LogP contribution in [-0.4, -0.2) is 68.6 Å². The molecule has 1 aromatic heterocycles. The SMILES string of the molecule is CC[C@@H]1[C@@H]2CN(C(=O)[C@H](C(C)(C)C)NC(=O)O[C@@H]3C[C@H]3CCCCCCc3nc4ccc(O)cc4nc3O2)[C@@H]1C(C)=O. The summed E-state index contributed by atoms with van der Waals surface area (Å²) >= 11 is 0. The van der Waals surface area contributed by atoms with Crippen molar-refractivity contribution in [3.05, 3.63) is 23.9 Å². The monoisotopic (exact) mass is 580 g/mol. The second-order valence-corrected chi connectivity index (χ2v) is 13.3. The highest BCUT2D eigenvalue weighted by molar-refractivity contribution is 5.92. The molecule has 0 spiro atoms. The van der Waals surface area contributed by atoms with E-state index >= 15 is 0 Å². The molecule has 228 valence electrons. The minimum absolute atomic E-state index is 0.0886. The number of aromatic hydroxyl groups is 1. The Hall–Kier alpha value is -3.43. The third-order valence-corrected chi connectivity index (χ3v) is 8.94. The lowest BCUT2D eigenvalue weighted by molar-refractivity contribution is -0.141. The molecule has 3 heterocycles. The van der Waals surface area contributed by atoms with E-state index in [9.17, 15) is 19.5 Å². The van der Waals surface area contributed by atoms with E-state index in [-0.39, 0.29) is 36.0 Å². The van der Waals surface area contributed by atoms with Gasteiger partial charge in [-0.2, -0.15) is 0 Å². The molecule has 2 fully saturated rings. The van der Waals surface area contributed by atoms with Gasteiger partial charge in [-0.1, -0.05) is 47.0 Å². The molecule has 2 N–H and O–H groups in total. The lowest BCUT2D eigenvalue weighted by Gasteiger charge is -2.35. The highest BCUT2D eigenvalue weighted by atomic mass is 16.6. The van der Waals surface area contributed by atoms with Gasteiger partial charge in [-0.15, -0.1) is 0 Å². The van der Waals surface area contributed by atoms with Crippen molar-refractivity contribution in [3.63, 3.8) is 0 Å². The average Bonchev–Trinajstić information content (AvgIpc) is 3.54. The lowest BCUT2D eigenvalue weighted by Crippen LogP contribution is -2.57. The Kier molecular flexibility index (Phi) is 8.62. The van der Waals surface area contributed by atoms with Crippen LogP contribution in [0.5, 0.6) is 11.6 Å². The number of carbonyl (C=O) groups is 3. The van der Waals surface area contributed by atoms with Gasteiger partial charge in [0.05, 0.1) is 23.6 Å². The molecule has 2 aliphatic heterocycles. The molecule has 1 saturated carbocycles. The molecule has 0 unspecified atom stereocenters. The first-order valence-corrected chi connectivity index (χ1v) is 15.4. The van der Waals surface area contributed by atoms with Gasteiger partial charge < -0.3 is 24.8 Å². The predicted octanol–water partition coefficient (Wildman–Crippen LogP) is 4.94. The van der Waals surface area contributed by atoms with E-state index in [4.69, 9.17) is 19.4 Å². The number of fused-ring (bicyclic) bond motifs is 5. The molecule has 6 atom stereocenters. The molecule has 2 aromatic rings. The number of aromatic nitrogens is 2. The number of alkyl carbamates (subject to hydrolysis) is 1. The van der Waals surface area contributed by atoms with Gasteiger partial charge in [-0.3, -0.25) is 9.59 Å². The number of nitrogens with zero attached hydrogens (tertiary/aromatic N) is 3. The first-order chi connectivity index (χ1) is 20.0. The lowest BCUT2D eigenvalue weighted by atomic mass is 9.85. The molecule has 1 aliphatic carbocycles. The number of phenols is 1. The largest absolute Gasteiger partial charge is 0.508 e. The highest BCUT2D eigenvalue weighted by Gasteiger charge is 2.50. The third-order valence-electron chi connectivity index (χ3n) is 8.94. The van der Waals surface area contributed by atoms with Gasteiger partial charge in [0.1, 0.15) is 29.7 Å². The van der Waals surface area contributed by atoms with Crippen molar-refractivity contribution >= 4 is 28.8 Å². The Balaban J connectivity index is 1.51. The van der Waals surface area contributed by atoms with Gasteiger partial charge in [-0.05, 0) is 62.5 Å². The summed E-state index contributed by atoms with van der Waals surface area (Å²) in [5.74, 6) is 0.0904. The zero-order valence-electron chi connectivity index (χ0n) is 25.4. The van der Waals surface area contributed by atoms with Crippen LogP contribution >= 0.6 is 0 Å².